The monoisotopic (exact) mass is 337 g/mol. The van der Waals surface area contributed by atoms with E-state index in [1.807, 2.05) is 19.2 Å². The lowest BCUT2D eigenvalue weighted by Gasteiger charge is -2.31. The molecule has 2 aliphatic rings. The molecule has 1 aliphatic carbocycles. The first-order valence-corrected chi connectivity index (χ1v) is 8.74. The average Bonchev–Trinajstić information content (AvgIpc) is 3.44. The van der Waals surface area contributed by atoms with Crippen LogP contribution in [0.1, 0.15) is 36.1 Å². The summed E-state index contributed by atoms with van der Waals surface area (Å²) in [4.78, 5) is 15.5. The Kier molecular flexibility index (Phi) is 4.03. The molecule has 0 amide bonds. The molecule has 1 fully saturated rings. The standard InChI is InChI=1S/C19H23N5O/c1-12-16-9-15(14-5-6-17(25-2)21-10-14)11-24(8-7-13-3-4-13)18(16)23-19(20)22-12/h5-6,9-10,13H,3-4,7-8,11H2,1-2H3,(H2,20,22,23). The van der Waals surface area contributed by atoms with Crippen molar-refractivity contribution in [2.45, 2.75) is 26.2 Å². The molecule has 130 valence electrons. The first kappa shape index (κ1) is 15.9. The second-order valence-corrected chi connectivity index (χ2v) is 6.82. The van der Waals surface area contributed by atoms with Crippen LogP contribution in [0.3, 0.4) is 0 Å². The van der Waals surface area contributed by atoms with E-state index in [0.29, 0.717) is 11.8 Å². The molecule has 0 atom stereocenters. The van der Waals surface area contributed by atoms with Crippen molar-refractivity contribution in [3.05, 3.63) is 35.2 Å². The fraction of sp³-hybridized carbons (Fsp3) is 0.421. The second kappa shape index (κ2) is 6.35. The van der Waals surface area contributed by atoms with Gasteiger partial charge in [-0.15, -0.1) is 0 Å². The van der Waals surface area contributed by atoms with Crippen molar-refractivity contribution in [2.75, 3.05) is 30.8 Å². The Hall–Kier alpha value is -2.63. The van der Waals surface area contributed by atoms with Crippen molar-refractivity contribution in [3.63, 3.8) is 0 Å². The van der Waals surface area contributed by atoms with Gasteiger partial charge in [-0.05, 0) is 42.5 Å². The van der Waals surface area contributed by atoms with E-state index in [-0.39, 0.29) is 0 Å². The Bertz CT molecular complexity index is 811. The van der Waals surface area contributed by atoms with Gasteiger partial charge in [0, 0.05) is 30.9 Å². The van der Waals surface area contributed by atoms with Crippen LogP contribution in [-0.4, -0.2) is 35.2 Å². The molecule has 4 rings (SSSR count). The van der Waals surface area contributed by atoms with Crippen LogP contribution in [0.4, 0.5) is 11.8 Å². The number of nitrogens with zero attached hydrogens (tertiary/aromatic N) is 4. The molecule has 0 saturated heterocycles. The van der Waals surface area contributed by atoms with Gasteiger partial charge in [0.1, 0.15) is 5.82 Å². The summed E-state index contributed by atoms with van der Waals surface area (Å²) in [6.45, 7) is 3.79. The number of pyridine rings is 1. The topological polar surface area (TPSA) is 77.2 Å². The number of nitrogen functional groups attached to an aromatic ring is 1. The maximum Gasteiger partial charge on any atom is 0.222 e. The smallest absolute Gasteiger partial charge is 0.222 e. The van der Waals surface area contributed by atoms with Crippen molar-refractivity contribution in [1.82, 2.24) is 15.0 Å². The van der Waals surface area contributed by atoms with Gasteiger partial charge >= 0.3 is 0 Å². The van der Waals surface area contributed by atoms with E-state index >= 15 is 0 Å². The molecule has 0 radical (unpaired) electrons. The largest absolute Gasteiger partial charge is 0.481 e. The van der Waals surface area contributed by atoms with Crippen molar-refractivity contribution >= 4 is 23.4 Å². The number of fused-ring (bicyclic) bond motifs is 1. The first-order valence-electron chi connectivity index (χ1n) is 8.74. The van der Waals surface area contributed by atoms with Crippen molar-refractivity contribution in [2.24, 2.45) is 5.92 Å². The van der Waals surface area contributed by atoms with E-state index in [4.69, 9.17) is 10.5 Å². The van der Waals surface area contributed by atoms with Gasteiger partial charge in [-0.25, -0.2) is 9.97 Å². The van der Waals surface area contributed by atoms with E-state index < -0.39 is 0 Å². The number of nitrogens with two attached hydrogens (primary N) is 1. The van der Waals surface area contributed by atoms with Crippen LogP contribution in [0.15, 0.2) is 18.3 Å². The Morgan fingerprint density at radius 2 is 2.12 bits per heavy atom. The van der Waals surface area contributed by atoms with E-state index in [9.17, 15) is 0 Å². The van der Waals surface area contributed by atoms with Crippen LogP contribution in [0, 0.1) is 12.8 Å². The number of hydrogen-bond acceptors (Lipinski definition) is 6. The highest BCUT2D eigenvalue weighted by Crippen LogP contribution is 2.36. The quantitative estimate of drug-likeness (QED) is 0.904. The summed E-state index contributed by atoms with van der Waals surface area (Å²) < 4.78 is 5.16. The summed E-state index contributed by atoms with van der Waals surface area (Å²) in [6, 6.07) is 3.95. The summed E-state index contributed by atoms with van der Waals surface area (Å²) in [6.07, 6.45) is 7.95. The highest BCUT2D eigenvalue weighted by atomic mass is 16.5. The number of methoxy groups -OCH3 is 1. The number of ether oxygens (including phenoxy) is 1. The SMILES string of the molecule is COc1ccc(C2=Cc3c(C)nc(N)nc3N(CCC3CC3)C2)cn1. The third-order valence-electron chi connectivity index (χ3n) is 4.93. The van der Waals surface area contributed by atoms with Crippen molar-refractivity contribution in [1.29, 1.82) is 0 Å². The molecular formula is C19H23N5O. The van der Waals surface area contributed by atoms with E-state index in [1.165, 1.54) is 24.8 Å². The summed E-state index contributed by atoms with van der Waals surface area (Å²) in [5.41, 5.74) is 10.2. The van der Waals surface area contributed by atoms with E-state index in [2.05, 4.69) is 32.0 Å². The normalized spacial score (nSPS) is 16.4. The zero-order valence-electron chi connectivity index (χ0n) is 14.7. The van der Waals surface area contributed by atoms with Crippen molar-refractivity contribution in [3.8, 4) is 5.88 Å². The minimum absolute atomic E-state index is 0.343. The van der Waals surface area contributed by atoms with Gasteiger partial charge in [0.15, 0.2) is 0 Å². The Morgan fingerprint density at radius 3 is 2.80 bits per heavy atom. The molecule has 2 aromatic rings. The van der Waals surface area contributed by atoms with E-state index in [0.717, 1.165) is 41.6 Å². The van der Waals surface area contributed by atoms with Gasteiger partial charge in [0.05, 0.1) is 12.8 Å². The third kappa shape index (κ3) is 3.29. The molecule has 6 heteroatoms. The third-order valence-corrected chi connectivity index (χ3v) is 4.93. The van der Waals surface area contributed by atoms with Crippen LogP contribution in [0.2, 0.25) is 0 Å². The predicted octanol–water partition coefficient (Wildman–Crippen LogP) is 2.93. The van der Waals surface area contributed by atoms with Crippen LogP contribution in [-0.2, 0) is 0 Å². The minimum atomic E-state index is 0.343. The number of aromatic nitrogens is 3. The molecule has 6 nitrogen and oxygen atoms in total. The predicted molar refractivity (Wildman–Crippen MR) is 99.4 cm³/mol. The molecule has 3 heterocycles. The summed E-state index contributed by atoms with van der Waals surface area (Å²) >= 11 is 0. The minimum Gasteiger partial charge on any atom is -0.481 e. The summed E-state index contributed by atoms with van der Waals surface area (Å²) in [5.74, 6) is 2.80. The maximum absolute atomic E-state index is 5.90. The molecule has 2 N–H and O–H groups in total. The lowest BCUT2D eigenvalue weighted by Crippen LogP contribution is -2.31. The average molecular weight is 337 g/mol. The molecule has 25 heavy (non-hydrogen) atoms. The van der Waals surface area contributed by atoms with Gasteiger partial charge in [-0.3, -0.25) is 0 Å². The number of aryl methyl sites for hydroxylation is 1. The van der Waals surface area contributed by atoms with Gasteiger partial charge in [-0.1, -0.05) is 12.8 Å². The first-order chi connectivity index (χ1) is 12.1. The summed E-state index contributed by atoms with van der Waals surface area (Å²) in [7, 11) is 1.63. The van der Waals surface area contributed by atoms with Crippen LogP contribution < -0.4 is 15.4 Å². The molecule has 0 bridgehead atoms. The van der Waals surface area contributed by atoms with E-state index in [1.54, 1.807) is 7.11 Å². The number of hydrogen-bond donors (Lipinski definition) is 1. The molecule has 1 saturated carbocycles. The molecule has 2 aromatic heterocycles. The fourth-order valence-electron chi connectivity index (χ4n) is 3.29. The molecule has 0 unspecified atom stereocenters. The van der Waals surface area contributed by atoms with Gasteiger partial charge in [0.25, 0.3) is 0 Å². The zero-order valence-corrected chi connectivity index (χ0v) is 14.7. The Balaban J connectivity index is 1.70. The van der Waals surface area contributed by atoms with Crippen molar-refractivity contribution < 1.29 is 4.74 Å². The molecular weight excluding hydrogens is 314 g/mol. The van der Waals surface area contributed by atoms with Gasteiger partial charge in [0.2, 0.25) is 11.8 Å². The number of anilines is 2. The summed E-state index contributed by atoms with van der Waals surface area (Å²) in [5, 5.41) is 0. The molecule has 1 aliphatic heterocycles. The van der Waals surface area contributed by atoms with Gasteiger partial charge in [-0.2, -0.15) is 4.98 Å². The lowest BCUT2D eigenvalue weighted by molar-refractivity contribution is 0.398. The van der Waals surface area contributed by atoms with Crippen LogP contribution in [0.5, 0.6) is 5.88 Å². The van der Waals surface area contributed by atoms with Crippen LogP contribution >= 0.6 is 0 Å². The fourth-order valence-corrected chi connectivity index (χ4v) is 3.29. The van der Waals surface area contributed by atoms with Gasteiger partial charge < -0.3 is 15.4 Å². The molecule has 0 aromatic carbocycles. The second-order valence-electron chi connectivity index (χ2n) is 6.82. The Morgan fingerprint density at radius 1 is 1.28 bits per heavy atom. The lowest BCUT2D eigenvalue weighted by atomic mass is 9.99. The Labute approximate surface area is 147 Å². The van der Waals surface area contributed by atoms with Crippen LogP contribution in [0.25, 0.3) is 11.6 Å². The number of rotatable bonds is 5. The highest BCUT2D eigenvalue weighted by molar-refractivity contribution is 5.90. The highest BCUT2D eigenvalue weighted by Gasteiger charge is 2.26. The zero-order chi connectivity index (χ0) is 17.4. The maximum atomic E-state index is 5.90. The molecule has 0 spiro atoms.